The molecule has 138 valence electrons. The van der Waals surface area contributed by atoms with Crippen LogP contribution in [0.25, 0.3) is 0 Å². The number of hydrogen-bond acceptors (Lipinski definition) is 5. The van der Waals surface area contributed by atoms with Crippen LogP contribution < -0.4 is 10.6 Å². The van der Waals surface area contributed by atoms with Crippen LogP contribution >= 0.6 is 11.3 Å². The summed E-state index contributed by atoms with van der Waals surface area (Å²) < 4.78 is 0. The smallest absolute Gasteiger partial charge is 0.252 e. The molecule has 0 aliphatic heterocycles. The zero-order valence-corrected chi connectivity index (χ0v) is 15.6. The van der Waals surface area contributed by atoms with Crippen LogP contribution in [0.3, 0.4) is 0 Å². The van der Waals surface area contributed by atoms with E-state index in [2.05, 4.69) is 15.6 Å². The normalized spacial score (nSPS) is 11.6. The van der Waals surface area contributed by atoms with Crippen LogP contribution in [-0.2, 0) is 9.59 Å². The van der Waals surface area contributed by atoms with E-state index >= 15 is 0 Å². The molecule has 2 heterocycles. The zero-order chi connectivity index (χ0) is 18.8. The largest absolute Gasteiger partial charge is 0.340 e. The number of nitrogens with one attached hydrogen (secondary N) is 2. The van der Waals surface area contributed by atoms with Gasteiger partial charge in [-0.25, -0.2) is 0 Å². The van der Waals surface area contributed by atoms with E-state index in [1.807, 2.05) is 5.38 Å². The Kier molecular flexibility index (Phi) is 7.95. The third-order valence-electron chi connectivity index (χ3n) is 3.86. The molecule has 0 aliphatic carbocycles. The molecule has 0 spiro atoms. The first-order valence-electron chi connectivity index (χ1n) is 8.59. The molecule has 6 nitrogen and oxygen atoms in total. The van der Waals surface area contributed by atoms with Crippen LogP contribution in [-0.4, -0.2) is 28.6 Å². The Hall–Kier alpha value is -2.54. The molecular formula is C19H23N3O3S. The van der Waals surface area contributed by atoms with Crippen molar-refractivity contribution in [1.29, 1.82) is 0 Å². The highest BCUT2D eigenvalue weighted by Crippen LogP contribution is 2.12. The van der Waals surface area contributed by atoms with E-state index < -0.39 is 6.04 Å². The van der Waals surface area contributed by atoms with Gasteiger partial charge in [-0.2, -0.15) is 11.3 Å². The number of Topliss-reactive ketones (excluding diaryl/α,β-unsaturated/α-hetero) is 1. The topological polar surface area (TPSA) is 88.2 Å². The molecule has 0 radical (unpaired) electrons. The predicted octanol–water partition coefficient (Wildman–Crippen LogP) is 3.42. The van der Waals surface area contributed by atoms with Crippen LogP contribution in [0, 0.1) is 0 Å². The van der Waals surface area contributed by atoms with E-state index in [-0.39, 0.29) is 17.6 Å². The maximum Gasteiger partial charge on any atom is 0.252 e. The van der Waals surface area contributed by atoms with Crippen molar-refractivity contribution in [3.63, 3.8) is 0 Å². The van der Waals surface area contributed by atoms with Crippen molar-refractivity contribution >= 4 is 34.6 Å². The van der Waals surface area contributed by atoms with Gasteiger partial charge in [0, 0.05) is 18.0 Å². The number of unbranched alkanes of at least 4 members (excludes halogenated alkanes) is 2. The zero-order valence-electron chi connectivity index (χ0n) is 14.7. The summed E-state index contributed by atoms with van der Waals surface area (Å²) in [6.07, 6.45) is 6.63. The second-order valence-corrected chi connectivity index (χ2v) is 6.85. The van der Waals surface area contributed by atoms with Crippen molar-refractivity contribution in [2.75, 3.05) is 5.32 Å². The number of carbonyl (C=O) groups is 3. The Morgan fingerprint density at radius 2 is 2.04 bits per heavy atom. The van der Waals surface area contributed by atoms with E-state index in [1.54, 1.807) is 42.9 Å². The molecule has 0 unspecified atom stereocenters. The minimum absolute atomic E-state index is 0.168. The molecule has 0 saturated heterocycles. The number of amides is 2. The predicted molar refractivity (Wildman–Crippen MR) is 102 cm³/mol. The number of anilines is 1. The van der Waals surface area contributed by atoms with E-state index in [4.69, 9.17) is 0 Å². The van der Waals surface area contributed by atoms with Gasteiger partial charge < -0.3 is 15.4 Å². The summed E-state index contributed by atoms with van der Waals surface area (Å²) in [4.78, 5) is 39.9. The van der Waals surface area contributed by atoms with Crippen molar-refractivity contribution in [2.45, 2.75) is 45.1 Å². The van der Waals surface area contributed by atoms with Crippen molar-refractivity contribution in [3.8, 4) is 0 Å². The number of rotatable bonds is 10. The van der Waals surface area contributed by atoms with Crippen molar-refractivity contribution in [1.82, 2.24) is 10.3 Å². The first-order valence-corrected chi connectivity index (χ1v) is 9.54. The van der Waals surface area contributed by atoms with E-state index in [0.717, 1.165) is 19.3 Å². The van der Waals surface area contributed by atoms with Gasteiger partial charge in [0.05, 0.1) is 17.4 Å². The fourth-order valence-electron chi connectivity index (χ4n) is 2.47. The summed E-state index contributed by atoms with van der Waals surface area (Å²) in [6, 6.07) is 4.56. The van der Waals surface area contributed by atoms with E-state index in [0.29, 0.717) is 24.1 Å². The minimum atomic E-state index is -0.639. The number of pyridine rings is 1. The van der Waals surface area contributed by atoms with Gasteiger partial charge in [0.2, 0.25) is 5.91 Å². The maximum atomic E-state index is 12.6. The van der Waals surface area contributed by atoms with Gasteiger partial charge in [0.15, 0.2) is 0 Å². The van der Waals surface area contributed by atoms with Crippen molar-refractivity contribution in [3.05, 3.63) is 46.9 Å². The molecule has 0 fully saturated rings. The van der Waals surface area contributed by atoms with Crippen LogP contribution in [0.5, 0.6) is 0 Å². The molecule has 0 aliphatic rings. The number of aromatic nitrogens is 1. The fraction of sp³-hybridized carbons (Fsp3) is 0.368. The SMILES string of the molecule is CC(=O)CCCCC[C@H](NC(=O)c1ccsc1)C(=O)Nc1cccnc1. The summed E-state index contributed by atoms with van der Waals surface area (Å²) in [5.41, 5.74) is 1.13. The van der Waals surface area contributed by atoms with E-state index in [9.17, 15) is 14.4 Å². The fourth-order valence-corrected chi connectivity index (χ4v) is 3.11. The molecule has 0 saturated carbocycles. The summed E-state index contributed by atoms with van der Waals surface area (Å²) in [7, 11) is 0. The van der Waals surface area contributed by atoms with Gasteiger partial charge in [-0.05, 0) is 43.3 Å². The van der Waals surface area contributed by atoms with E-state index in [1.165, 1.54) is 11.3 Å². The molecule has 2 N–H and O–H groups in total. The third-order valence-corrected chi connectivity index (χ3v) is 4.54. The number of hydrogen-bond donors (Lipinski definition) is 2. The molecule has 0 aromatic carbocycles. The second kappa shape index (κ2) is 10.5. The lowest BCUT2D eigenvalue weighted by atomic mass is 10.0. The number of thiophene rings is 1. The van der Waals surface area contributed by atoms with Crippen molar-refractivity contribution < 1.29 is 14.4 Å². The minimum Gasteiger partial charge on any atom is -0.340 e. The number of nitrogens with zero attached hydrogens (tertiary/aromatic N) is 1. The summed E-state index contributed by atoms with van der Waals surface area (Å²) in [5.74, 6) is -0.365. The second-order valence-electron chi connectivity index (χ2n) is 6.07. The quantitative estimate of drug-likeness (QED) is 0.625. The van der Waals surface area contributed by atoms with Crippen LogP contribution in [0.2, 0.25) is 0 Å². The molecule has 1 atom stereocenters. The molecule has 0 bridgehead atoms. The van der Waals surface area contributed by atoms with Gasteiger partial charge in [0.1, 0.15) is 11.8 Å². The average molecular weight is 373 g/mol. The van der Waals surface area contributed by atoms with Crippen molar-refractivity contribution in [2.24, 2.45) is 0 Å². The van der Waals surface area contributed by atoms with Gasteiger partial charge in [-0.3, -0.25) is 14.6 Å². The first-order chi connectivity index (χ1) is 12.6. The van der Waals surface area contributed by atoms with Crippen LogP contribution in [0.4, 0.5) is 5.69 Å². The summed E-state index contributed by atoms with van der Waals surface area (Å²) in [5, 5.41) is 9.16. The average Bonchev–Trinajstić information content (AvgIpc) is 3.15. The summed E-state index contributed by atoms with van der Waals surface area (Å²) in [6.45, 7) is 1.57. The number of carbonyl (C=O) groups excluding carboxylic acids is 3. The highest BCUT2D eigenvalue weighted by atomic mass is 32.1. The Balaban J connectivity index is 1.94. The van der Waals surface area contributed by atoms with Gasteiger partial charge >= 0.3 is 0 Å². The Labute approximate surface area is 157 Å². The number of ketones is 1. The monoisotopic (exact) mass is 373 g/mol. The lowest BCUT2D eigenvalue weighted by Gasteiger charge is -2.18. The molecule has 7 heteroatoms. The Morgan fingerprint density at radius 1 is 1.19 bits per heavy atom. The molecule has 2 aromatic heterocycles. The highest BCUT2D eigenvalue weighted by molar-refractivity contribution is 7.08. The molecule has 26 heavy (non-hydrogen) atoms. The third kappa shape index (κ3) is 6.76. The van der Waals surface area contributed by atoms with Gasteiger partial charge in [-0.15, -0.1) is 0 Å². The lowest BCUT2D eigenvalue weighted by Crippen LogP contribution is -2.43. The maximum absolute atomic E-state index is 12.6. The van der Waals surface area contributed by atoms with Crippen LogP contribution in [0.15, 0.2) is 41.4 Å². The first kappa shape index (κ1) is 19.8. The molecular weight excluding hydrogens is 350 g/mol. The standard InChI is InChI=1S/C19H23N3O3S/c1-14(23)6-3-2-4-8-17(22-18(24)15-9-11-26-13-15)19(25)21-16-7-5-10-20-12-16/h5,7,9-13,17H,2-4,6,8H2,1H3,(H,21,25)(H,22,24)/t17-/m0/s1. The highest BCUT2D eigenvalue weighted by Gasteiger charge is 2.21. The summed E-state index contributed by atoms with van der Waals surface area (Å²) >= 11 is 1.43. The van der Waals surface area contributed by atoms with Gasteiger partial charge in [-0.1, -0.05) is 12.8 Å². The van der Waals surface area contributed by atoms with Crippen LogP contribution in [0.1, 0.15) is 49.4 Å². The Morgan fingerprint density at radius 3 is 2.69 bits per heavy atom. The lowest BCUT2D eigenvalue weighted by molar-refractivity contribution is -0.118. The van der Waals surface area contributed by atoms with Gasteiger partial charge in [0.25, 0.3) is 5.91 Å². The molecule has 2 amide bonds. The Bertz CT molecular complexity index is 717. The molecule has 2 aromatic rings. The molecule has 2 rings (SSSR count).